The van der Waals surface area contributed by atoms with Crippen molar-refractivity contribution in [3.05, 3.63) is 16.5 Å². The summed E-state index contributed by atoms with van der Waals surface area (Å²) in [5.74, 6) is -2.90. The van der Waals surface area contributed by atoms with Gasteiger partial charge in [-0.3, -0.25) is 0 Å². The van der Waals surface area contributed by atoms with Gasteiger partial charge in [0.15, 0.2) is 0 Å². The highest BCUT2D eigenvalue weighted by atomic mass is 32.1. The Hall–Kier alpha value is -1.81. The van der Waals surface area contributed by atoms with Crippen molar-refractivity contribution in [3.8, 4) is 0 Å². The van der Waals surface area contributed by atoms with Crippen LogP contribution < -0.4 is 5.73 Å². The number of ether oxygens (including phenoxy) is 2. The summed E-state index contributed by atoms with van der Waals surface area (Å²) in [5.41, 5.74) is 0.432. The standard InChI is InChI=1S/C10H10F3NO5S/c1-18-7(15)5-3-4(6(14)20-5)9(17,8(16)19-2)10(11,12)13/h3,17H,14H2,1-2H3. The summed E-state index contributed by atoms with van der Waals surface area (Å²) in [6.07, 6.45) is -5.37. The van der Waals surface area contributed by atoms with Gasteiger partial charge < -0.3 is 20.3 Å². The molecule has 0 aromatic carbocycles. The molecule has 0 aliphatic carbocycles. The number of anilines is 1. The van der Waals surface area contributed by atoms with Crippen LogP contribution in [0.2, 0.25) is 0 Å². The highest BCUT2D eigenvalue weighted by Crippen LogP contribution is 2.44. The number of hydrogen-bond acceptors (Lipinski definition) is 7. The Morgan fingerprint density at radius 2 is 1.85 bits per heavy atom. The Labute approximate surface area is 114 Å². The van der Waals surface area contributed by atoms with Gasteiger partial charge in [-0.2, -0.15) is 13.2 Å². The van der Waals surface area contributed by atoms with Gasteiger partial charge in [0.2, 0.25) is 0 Å². The van der Waals surface area contributed by atoms with Crippen molar-refractivity contribution < 1.29 is 37.3 Å². The van der Waals surface area contributed by atoms with Crippen molar-refractivity contribution in [2.24, 2.45) is 0 Å². The second-order valence-electron chi connectivity index (χ2n) is 3.58. The molecular formula is C10H10F3NO5S. The van der Waals surface area contributed by atoms with Crippen LogP contribution in [-0.2, 0) is 19.9 Å². The Balaban J connectivity index is 3.48. The summed E-state index contributed by atoms with van der Waals surface area (Å²) < 4.78 is 47.2. The molecule has 1 unspecified atom stereocenters. The van der Waals surface area contributed by atoms with Gasteiger partial charge >= 0.3 is 18.1 Å². The Morgan fingerprint density at radius 1 is 1.30 bits per heavy atom. The van der Waals surface area contributed by atoms with Gasteiger partial charge in [-0.1, -0.05) is 0 Å². The SMILES string of the molecule is COC(=O)c1cc(C(O)(C(=O)OC)C(F)(F)F)c(N)s1. The molecule has 1 aromatic heterocycles. The number of carbonyl (C=O) groups excluding carboxylic acids is 2. The minimum absolute atomic E-state index is 0.286. The summed E-state index contributed by atoms with van der Waals surface area (Å²) in [7, 11) is 1.71. The molecule has 0 saturated carbocycles. The molecule has 0 aliphatic rings. The molecule has 1 rings (SSSR count). The normalized spacial score (nSPS) is 14.5. The molecule has 20 heavy (non-hydrogen) atoms. The predicted octanol–water partition coefficient (Wildman–Crippen LogP) is 1.04. The van der Waals surface area contributed by atoms with Crippen LogP contribution in [0, 0.1) is 0 Å². The molecule has 6 nitrogen and oxygen atoms in total. The fourth-order valence-electron chi connectivity index (χ4n) is 1.42. The van der Waals surface area contributed by atoms with Gasteiger partial charge in [0.05, 0.1) is 19.2 Å². The average molecular weight is 313 g/mol. The lowest BCUT2D eigenvalue weighted by Crippen LogP contribution is -2.50. The predicted molar refractivity (Wildman–Crippen MR) is 62.0 cm³/mol. The van der Waals surface area contributed by atoms with Gasteiger partial charge in [-0.05, 0) is 6.07 Å². The lowest BCUT2D eigenvalue weighted by Gasteiger charge is -2.27. The number of carbonyl (C=O) groups is 2. The zero-order valence-corrected chi connectivity index (χ0v) is 11.1. The summed E-state index contributed by atoms with van der Waals surface area (Å²) in [6, 6.07) is 0.649. The van der Waals surface area contributed by atoms with E-state index < -0.39 is 34.3 Å². The van der Waals surface area contributed by atoms with Crippen LogP contribution in [0.4, 0.5) is 18.2 Å². The molecule has 0 aliphatic heterocycles. The summed E-state index contributed by atoms with van der Waals surface area (Å²) in [4.78, 5) is 22.3. The van der Waals surface area contributed by atoms with Crippen LogP contribution in [0.5, 0.6) is 0 Å². The lowest BCUT2D eigenvalue weighted by molar-refractivity contribution is -0.266. The largest absolute Gasteiger partial charge is 0.466 e. The quantitative estimate of drug-likeness (QED) is 0.809. The molecule has 0 radical (unpaired) electrons. The fourth-order valence-corrected chi connectivity index (χ4v) is 2.31. The number of hydrogen-bond donors (Lipinski definition) is 2. The van der Waals surface area contributed by atoms with Crippen molar-refractivity contribution >= 4 is 28.3 Å². The van der Waals surface area contributed by atoms with Gasteiger partial charge in [0.1, 0.15) is 4.88 Å². The van der Waals surface area contributed by atoms with Gasteiger partial charge in [0.25, 0.3) is 5.60 Å². The number of rotatable bonds is 3. The van der Waals surface area contributed by atoms with Crippen LogP contribution in [0.25, 0.3) is 0 Å². The summed E-state index contributed by atoms with van der Waals surface area (Å²) in [5, 5.41) is 9.17. The molecule has 0 spiro atoms. The zero-order chi connectivity index (χ0) is 15.7. The van der Waals surface area contributed by atoms with Crippen LogP contribution >= 0.6 is 11.3 Å². The van der Waals surface area contributed by atoms with Crippen LogP contribution in [0.1, 0.15) is 15.2 Å². The maximum Gasteiger partial charge on any atom is 0.432 e. The number of alkyl halides is 3. The highest BCUT2D eigenvalue weighted by molar-refractivity contribution is 7.17. The third-order valence-corrected chi connectivity index (χ3v) is 3.37. The molecule has 1 aromatic rings. The van der Waals surface area contributed by atoms with E-state index in [1.807, 2.05) is 0 Å². The van der Waals surface area contributed by atoms with E-state index in [-0.39, 0.29) is 4.88 Å². The average Bonchev–Trinajstić information content (AvgIpc) is 2.76. The summed E-state index contributed by atoms with van der Waals surface area (Å²) in [6.45, 7) is 0. The highest BCUT2D eigenvalue weighted by Gasteiger charge is 2.63. The van der Waals surface area contributed by atoms with E-state index in [9.17, 15) is 27.9 Å². The molecule has 1 atom stereocenters. The number of aliphatic hydroxyl groups is 1. The van der Waals surface area contributed by atoms with E-state index in [4.69, 9.17) is 5.73 Å². The number of thiophene rings is 1. The van der Waals surface area contributed by atoms with Crippen molar-refractivity contribution in [2.45, 2.75) is 11.8 Å². The molecule has 0 amide bonds. The van der Waals surface area contributed by atoms with E-state index in [1.165, 1.54) is 0 Å². The van der Waals surface area contributed by atoms with Crippen molar-refractivity contribution in [1.29, 1.82) is 0 Å². The Morgan fingerprint density at radius 3 is 2.25 bits per heavy atom. The lowest BCUT2D eigenvalue weighted by atomic mass is 9.94. The van der Waals surface area contributed by atoms with Crippen LogP contribution in [-0.4, -0.2) is 37.4 Å². The first-order valence-corrected chi connectivity index (χ1v) is 5.76. The van der Waals surface area contributed by atoms with Crippen LogP contribution in [0.15, 0.2) is 6.07 Å². The Kier molecular flexibility index (Phi) is 4.30. The van der Waals surface area contributed by atoms with Gasteiger partial charge in [-0.25, -0.2) is 9.59 Å². The smallest absolute Gasteiger partial charge is 0.432 e. The minimum Gasteiger partial charge on any atom is -0.466 e. The molecule has 0 saturated heterocycles. The monoisotopic (exact) mass is 313 g/mol. The van der Waals surface area contributed by atoms with E-state index in [1.54, 1.807) is 0 Å². The maximum absolute atomic E-state index is 13.0. The van der Waals surface area contributed by atoms with E-state index in [0.29, 0.717) is 24.5 Å². The Bertz CT molecular complexity index is 541. The van der Waals surface area contributed by atoms with Crippen molar-refractivity contribution in [2.75, 3.05) is 20.0 Å². The molecule has 1 heterocycles. The number of nitrogens with two attached hydrogens (primary N) is 1. The second-order valence-corrected chi connectivity index (χ2v) is 4.66. The van der Waals surface area contributed by atoms with Crippen molar-refractivity contribution in [3.63, 3.8) is 0 Å². The molecule has 112 valence electrons. The fraction of sp³-hybridized carbons (Fsp3) is 0.400. The van der Waals surface area contributed by atoms with E-state index in [2.05, 4.69) is 9.47 Å². The van der Waals surface area contributed by atoms with Gasteiger partial charge in [-0.15, -0.1) is 11.3 Å². The third kappa shape index (κ3) is 2.43. The van der Waals surface area contributed by atoms with E-state index in [0.717, 1.165) is 7.11 Å². The first-order valence-electron chi connectivity index (χ1n) is 4.95. The van der Waals surface area contributed by atoms with Crippen molar-refractivity contribution in [1.82, 2.24) is 0 Å². The zero-order valence-electron chi connectivity index (χ0n) is 10.3. The van der Waals surface area contributed by atoms with Gasteiger partial charge in [0, 0.05) is 5.56 Å². The van der Waals surface area contributed by atoms with Crippen LogP contribution in [0.3, 0.4) is 0 Å². The first-order chi connectivity index (χ1) is 9.09. The number of esters is 2. The number of methoxy groups -OCH3 is 2. The molecule has 0 bridgehead atoms. The maximum atomic E-state index is 13.0. The molecule has 3 N–H and O–H groups in total. The van der Waals surface area contributed by atoms with E-state index >= 15 is 0 Å². The first kappa shape index (κ1) is 16.2. The molecule has 0 fully saturated rings. The third-order valence-electron chi connectivity index (χ3n) is 2.43. The number of nitrogen functional groups attached to an aromatic ring is 1. The molecular weight excluding hydrogens is 303 g/mol. The summed E-state index contributed by atoms with van der Waals surface area (Å²) >= 11 is 0.453. The number of halogens is 3. The topological polar surface area (TPSA) is 98.8 Å². The molecule has 10 heteroatoms. The minimum atomic E-state index is -5.37. The second kappa shape index (κ2) is 5.29.